The van der Waals surface area contributed by atoms with E-state index in [2.05, 4.69) is 11.9 Å². The summed E-state index contributed by atoms with van der Waals surface area (Å²) in [7, 11) is 3.65. The van der Waals surface area contributed by atoms with Gasteiger partial charge in [0.25, 0.3) is 0 Å². The highest BCUT2D eigenvalue weighted by molar-refractivity contribution is 6.01. The predicted octanol–water partition coefficient (Wildman–Crippen LogP) is 0.785. The van der Waals surface area contributed by atoms with Gasteiger partial charge in [-0.3, -0.25) is 19.7 Å². The highest BCUT2D eigenvalue weighted by Gasteiger charge is 2.33. The zero-order chi connectivity index (χ0) is 16.0. The Morgan fingerprint density at radius 3 is 2.43 bits per heavy atom. The number of likely N-dealkylation sites (N-methyl/N-ethyl adjacent to an activating group) is 1. The lowest BCUT2D eigenvalue weighted by Crippen LogP contribution is -2.52. The minimum Gasteiger partial charge on any atom is -0.376 e. The molecule has 0 aromatic rings. The summed E-state index contributed by atoms with van der Waals surface area (Å²) in [6.45, 7) is 5.57. The Morgan fingerprint density at radius 2 is 2.00 bits per heavy atom. The fourth-order valence-electron chi connectivity index (χ4n) is 2.22. The lowest BCUT2D eigenvalue weighted by molar-refractivity contribution is -0.139. The predicted molar refractivity (Wildman–Crippen MR) is 79.8 cm³/mol. The molecule has 1 unspecified atom stereocenters. The largest absolute Gasteiger partial charge is 0.376 e. The zero-order valence-electron chi connectivity index (χ0n) is 12.6. The van der Waals surface area contributed by atoms with Crippen LogP contribution in [-0.4, -0.2) is 48.2 Å². The van der Waals surface area contributed by atoms with Gasteiger partial charge in [0.05, 0.1) is 11.4 Å². The van der Waals surface area contributed by atoms with Crippen molar-refractivity contribution in [3.63, 3.8) is 0 Å². The number of nitrogens with one attached hydrogen (secondary N) is 1. The van der Waals surface area contributed by atoms with Crippen LogP contribution in [0.2, 0.25) is 0 Å². The number of rotatable bonds is 6. The van der Waals surface area contributed by atoms with E-state index in [4.69, 9.17) is 0 Å². The Balaban J connectivity index is 3.26. The summed E-state index contributed by atoms with van der Waals surface area (Å²) in [5.41, 5.74) is 1.28. The second-order valence-electron chi connectivity index (χ2n) is 4.85. The first-order valence-corrected chi connectivity index (χ1v) is 6.70. The molecule has 1 N–H and O–H groups in total. The van der Waals surface area contributed by atoms with Crippen molar-refractivity contribution in [3.8, 4) is 0 Å². The quantitative estimate of drug-likeness (QED) is 0.446. The molecule has 1 heterocycles. The first-order valence-electron chi connectivity index (χ1n) is 6.70. The Morgan fingerprint density at radius 1 is 1.33 bits per heavy atom. The van der Waals surface area contributed by atoms with E-state index >= 15 is 0 Å². The summed E-state index contributed by atoms with van der Waals surface area (Å²) in [5, 5.41) is 2.26. The Labute approximate surface area is 124 Å². The molecule has 1 rings (SSSR count). The highest BCUT2D eigenvalue weighted by Crippen LogP contribution is 2.21. The first kappa shape index (κ1) is 16.7. The third kappa shape index (κ3) is 3.81. The fourth-order valence-corrected chi connectivity index (χ4v) is 2.22. The number of hydrogen-bond acceptors (Lipinski definition) is 4. The van der Waals surface area contributed by atoms with Crippen LogP contribution < -0.4 is 5.32 Å². The minimum absolute atomic E-state index is 0.218. The van der Waals surface area contributed by atoms with Crippen LogP contribution in [0, 0.1) is 0 Å². The van der Waals surface area contributed by atoms with Crippen LogP contribution in [0.25, 0.3) is 0 Å². The van der Waals surface area contributed by atoms with Crippen LogP contribution in [-0.2, 0) is 14.4 Å². The number of hydrogen-bond donors (Lipinski definition) is 1. The maximum Gasteiger partial charge on any atom is 0.249 e. The van der Waals surface area contributed by atoms with E-state index in [9.17, 15) is 14.4 Å². The van der Waals surface area contributed by atoms with Gasteiger partial charge in [0.2, 0.25) is 18.2 Å². The number of carbonyl (C=O) groups excluding carboxylic acids is 3. The molecule has 0 spiro atoms. The standard InChI is InChI=1S/C15H21N3O3/c1-5-7-12(11(6-2)17(3)4)18(10-19)13-8-9-14(20)16-15(13)21/h5-7,10,13H,2,8-9H2,1,3-4H3,(H,16,20,21)/b7-5-,12-11-. The van der Waals surface area contributed by atoms with Crippen molar-refractivity contribution in [1.29, 1.82) is 0 Å². The average Bonchev–Trinajstić information content (AvgIpc) is 2.42. The number of amides is 3. The van der Waals surface area contributed by atoms with Crippen molar-refractivity contribution in [2.45, 2.75) is 25.8 Å². The first-order chi connectivity index (χ1) is 9.96. The lowest BCUT2D eigenvalue weighted by Gasteiger charge is -2.32. The number of imide groups is 1. The zero-order valence-corrected chi connectivity index (χ0v) is 12.6. The molecule has 21 heavy (non-hydrogen) atoms. The molecule has 1 fully saturated rings. The molecule has 114 valence electrons. The van der Waals surface area contributed by atoms with Gasteiger partial charge in [-0.05, 0) is 25.5 Å². The fraction of sp³-hybridized carbons (Fsp3) is 0.400. The maximum atomic E-state index is 12.0. The van der Waals surface area contributed by atoms with Crippen LogP contribution in [0.4, 0.5) is 0 Å². The van der Waals surface area contributed by atoms with Crippen LogP contribution in [0.3, 0.4) is 0 Å². The van der Waals surface area contributed by atoms with Gasteiger partial charge in [0.1, 0.15) is 6.04 Å². The van der Waals surface area contributed by atoms with Crippen molar-refractivity contribution in [2.75, 3.05) is 14.1 Å². The highest BCUT2D eigenvalue weighted by atomic mass is 16.2. The second-order valence-corrected chi connectivity index (χ2v) is 4.85. The molecule has 1 aliphatic heterocycles. The topological polar surface area (TPSA) is 69.7 Å². The third-order valence-electron chi connectivity index (χ3n) is 3.20. The molecular formula is C15H21N3O3. The Hall–Kier alpha value is -2.37. The summed E-state index contributed by atoms with van der Waals surface area (Å²) in [5.74, 6) is -0.766. The third-order valence-corrected chi connectivity index (χ3v) is 3.20. The molecule has 0 radical (unpaired) electrons. The smallest absolute Gasteiger partial charge is 0.249 e. The summed E-state index contributed by atoms with van der Waals surface area (Å²) in [6, 6.07) is -0.693. The molecular weight excluding hydrogens is 270 g/mol. The molecule has 0 saturated carbocycles. The second kappa shape index (κ2) is 7.42. The molecule has 6 nitrogen and oxygen atoms in total. The summed E-state index contributed by atoms with van der Waals surface area (Å²) >= 11 is 0. The van der Waals surface area contributed by atoms with Gasteiger partial charge in [0, 0.05) is 20.5 Å². The van der Waals surface area contributed by atoms with E-state index in [1.54, 1.807) is 18.2 Å². The molecule has 1 aliphatic rings. The van der Waals surface area contributed by atoms with Crippen LogP contribution in [0.5, 0.6) is 0 Å². The molecule has 1 saturated heterocycles. The molecule has 6 heteroatoms. The van der Waals surface area contributed by atoms with E-state index in [0.717, 1.165) is 0 Å². The van der Waals surface area contributed by atoms with Gasteiger partial charge in [-0.15, -0.1) is 0 Å². The van der Waals surface area contributed by atoms with Crippen molar-refractivity contribution >= 4 is 18.2 Å². The van der Waals surface area contributed by atoms with Crippen molar-refractivity contribution < 1.29 is 14.4 Å². The van der Waals surface area contributed by atoms with Crippen LogP contribution in [0.15, 0.2) is 36.2 Å². The number of piperidine rings is 1. The van der Waals surface area contributed by atoms with Gasteiger partial charge in [0.15, 0.2) is 0 Å². The van der Waals surface area contributed by atoms with E-state index in [0.29, 0.717) is 24.2 Å². The molecule has 0 bridgehead atoms. The molecule has 3 amide bonds. The maximum absolute atomic E-state index is 12.0. The normalized spacial score (nSPS) is 19.9. The molecule has 0 aromatic heterocycles. The number of carbonyl (C=O) groups is 3. The van der Waals surface area contributed by atoms with Crippen molar-refractivity contribution in [3.05, 3.63) is 36.2 Å². The minimum atomic E-state index is -0.693. The Bertz CT molecular complexity index is 506. The lowest BCUT2D eigenvalue weighted by atomic mass is 10.0. The van der Waals surface area contributed by atoms with E-state index in [-0.39, 0.29) is 12.3 Å². The number of nitrogens with zero attached hydrogens (tertiary/aromatic N) is 2. The van der Waals surface area contributed by atoms with Gasteiger partial charge in [-0.2, -0.15) is 0 Å². The van der Waals surface area contributed by atoms with E-state index in [1.807, 2.05) is 25.9 Å². The van der Waals surface area contributed by atoms with Gasteiger partial charge in [-0.1, -0.05) is 12.7 Å². The van der Waals surface area contributed by atoms with Crippen LogP contribution in [0.1, 0.15) is 19.8 Å². The van der Waals surface area contributed by atoms with Gasteiger partial charge >= 0.3 is 0 Å². The molecule has 0 aromatic carbocycles. The summed E-state index contributed by atoms with van der Waals surface area (Å²) in [4.78, 5) is 37.9. The number of allylic oxidation sites excluding steroid dienone is 3. The van der Waals surface area contributed by atoms with E-state index in [1.165, 1.54) is 4.90 Å². The van der Waals surface area contributed by atoms with Crippen LogP contribution >= 0.6 is 0 Å². The Kier molecular flexibility index (Phi) is 5.90. The monoisotopic (exact) mass is 291 g/mol. The summed E-state index contributed by atoms with van der Waals surface area (Å²) in [6.07, 6.45) is 6.29. The van der Waals surface area contributed by atoms with Gasteiger partial charge in [-0.25, -0.2) is 0 Å². The average molecular weight is 291 g/mol. The summed E-state index contributed by atoms with van der Waals surface area (Å²) < 4.78 is 0. The van der Waals surface area contributed by atoms with E-state index < -0.39 is 11.9 Å². The molecule has 1 atom stereocenters. The van der Waals surface area contributed by atoms with Crippen molar-refractivity contribution in [2.24, 2.45) is 0 Å². The molecule has 0 aliphatic carbocycles. The van der Waals surface area contributed by atoms with Crippen molar-refractivity contribution in [1.82, 2.24) is 15.1 Å². The van der Waals surface area contributed by atoms with Gasteiger partial charge < -0.3 is 9.80 Å². The SMILES string of the molecule is C=C/C(=C(\C=C/C)N(C=O)C1CCC(=O)NC1=O)N(C)C.